The largest absolute Gasteiger partial charge is 0.462 e. The maximum absolute atomic E-state index is 14.4. The van der Waals surface area contributed by atoms with Crippen molar-refractivity contribution in [3.05, 3.63) is 31.5 Å². The molecule has 0 saturated heterocycles. The van der Waals surface area contributed by atoms with E-state index in [1.807, 2.05) is 96.9 Å². The van der Waals surface area contributed by atoms with Crippen molar-refractivity contribution in [3.8, 4) is 0 Å². The number of hydrogen-bond donors (Lipinski definition) is 0. The number of aromatic nitrogens is 3. The van der Waals surface area contributed by atoms with Gasteiger partial charge in [-0.05, 0) is 126 Å². The summed E-state index contributed by atoms with van der Waals surface area (Å²) < 4.78 is 44.8. The molecule has 0 radical (unpaired) electrons. The SMILES string of the molecule is CCOP(=O)(OCC)C(N(OC(C)C(=O)OCCn1c(=O)n(CCOC(=O)C(C)ON(C(CC)C(C)(C)C)C(C)(C)C)c(=O)n(CCOC(=O)C(C)ON(C(CC)C(C)(C)C)C(C)(C)C)c1=O)C(C)(C)C)C(C)(C)C. The van der Waals surface area contributed by atoms with Crippen molar-refractivity contribution in [1.29, 1.82) is 0 Å². The third-order valence-electron chi connectivity index (χ3n) is 12.1. The first-order chi connectivity index (χ1) is 34.0. The number of nitrogens with zero attached hydrogens (tertiary/aromatic N) is 6. The van der Waals surface area contributed by atoms with Crippen LogP contribution in [0, 0.1) is 16.2 Å². The van der Waals surface area contributed by atoms with Crippen LogP contribution in [0.4, 0.5) is 0 Å². The number of carbonyl (C=O) groups excluding carboxylic acids is 3. The third-order valence-corrected chi connectivity index (χ3v) is 14.9. The summed E-state index contributed by atoms with van der Waals surface area (Å²) in [5.74, 6) is -3.38. The van der Waals surface area contributed by atoms with E-state index in [0.717, 1.165) is 22.0 Å². The minimum Gasteiger partial charge on any atom is -0.462 e. The van der Waals surface area contributed by atoms with Crippen LogP contribution in [-0.2, 0) is 76.4 Å². The van der Waals surface area contributed by atoms with E-state index in [0.29, 0.717) is 4.57 Å². The lowest BCUT2D eigenvalue weighted by Crippen LogP contribution is -2.56. The van der Waals surface area contributed by atoms with E-state index in [1.165, 1.54) is 12.0 Å². The highest BCUT2D eigenvalue weighted by atomic mass is 31.2. The Labute approximate surface area is 448 Å². The normalized spacial score (nSPS) is 15.9. The molecule has 0 aromatic carbocycles. The zero-order valence-corrected chi connectivity index (χ0v) is 51.7. The Hall–Kier alpha value is -3.27. The lowest BCUT2D eigenvalue weighted by Gasteiger charge is -2.47. The van der Waals surface area contributed by atoms with Crippen LogP contribution in [0.2, 0.25) is 0 Å². The average Bonchev–Trinajstić information content (AvgIpc) is 3.24. The zero-order valence-electron chi connectivity index (χ0n) is 50.8. The fourth-order valence-corrected chi connectivity index (χ4v) is 11.4. The topological polar surface area (TPSA) is 218 Å². The summed E-state index contributed by atoms with van der Waals surface area (Å²) in [7, 11) is -3.89. The van der Waals surface area contributed by atoms with Crippen LogP contribution in [0.5, 0.6) is 0 Å². The number of carbonyl (C=O) groups is 3. The fraction of sp³-hybridized carbons (Fsp3) is 0.887. The molecule has 1 heterocycles. The van der Waals surface area contributed by atoms with Crippen LogP contribution < -0.4 is 17.1 Å². The average molecular weight is 1090 g/mol. The van der Waals surface area contributed by atoms with E-state index < -0.39 is 128 Å². The Morgan fingerprint density at radius 1 is 0.453 bits per heavy atom. The molecule has 0 aliphatic carbocycles. The standard InChI is InChI=1S/C53H101N6O15P/c1-26-39(48(8,9)10)57(51(17,18)19)72-36(5)41(60)67-33-30-54-45(63)55(31-34-68-42(61)37(6)73-58(52(20,21)22)40(27-2)49(11,12)13)47(65)56(46(54)64)32-35-69-43(62)38(7)74-59(53(23,24)25)44(50(14,15)16)75(66,70-28-3)71-29-4/h36-40,44H,26-35H2,1-25H3. The van der Waals surface area contributed by atoms with Crippen molar-refractivity contribution in [2.24, 2.45) is 16.2 Å². The van der Waals surface area contributed by atoms with Crippen LogP contribution >= 0.6 is 7.60 Å². The molecule has 75 heavy (non-hydrogen) atoms. The molecule has 1 rings (SSSR count). The second-order valence-corrected chi connectivity index (χ2v) is 27.3. The Morgan fingerprint density at radius 3 is 0.907 bits per heavy atom. The number of ether oxygens (including phenoxy) is 3. The molecule has 0 aliphatic heterocycles. The van der Waals surface area contributed by atoms with Crippen molar-refractivity contribution in [2.75, 3.05) is 33.0 Å². The lowest BCUT2D eigenvalue weighted by molar-refractivity contribution is -0.276. The molecule has 1 aromatic rings. The Bertz CT molecular complexity index is 2100. The molecule has 6 atom stereocenters. The number of rotatable bonds is 28. The van der Waals surface area contributed by atoms with Gasteiger partial charge < -0.3 is 23.3 Å². The van der Waals surface area contributed by atoms with E-state index in [-0.39, 0.29) is 36.1 Å². The van der Waals surface area contributed by atoms with Gasteiger partial charge in [-0.3, -0.25) is 19.1 Å². The maximum atomic E-state index is 14.4. The summed E-state index contributed by atoms with van der Waals surface area (Å²) in [4.78, 5) is 101. The summed E-state index contributed by atoms with van der Waals surface area (Å²) in [6, 6.07) is -0.136. The summed E-state index contributed by atoms with van der Waals surface area (Å²) in [6.45, 7) is 44.6. The highest BCUT2D eigenvalue weighted by Crippen LogP contribution is 2.61. The Morgan fingerprint density at radius 2 is 0.707 bits per heavy atom. The molecule has 1 aromatic heterocycles. The molecule has 438 valence electrons. The zero-order chi connectivity index (χ0) is 58.6. The molecular weight excluding hydrogens is 992 g/mol. The van der Waals surface area contributed by atoms with Gasteiger partial charge in [0, 0.05) is 28.7 Å². The molecule has 0 N–H and O–H groups in total. The van der Waals surface area contributed by atoms with Crippen LogP contribution in [0.3, 0.4) is 0 Å². The molecule has 22 heteroatoms. The highest BCUT2D eigenvalue weighted by Gasteiger charge is 2.52. The molecule has 21 nitrogen and oxygen atoms in total. The quantitative estimate of drug-likeness (QED) is 0.0333. The first-order valence-electron chi connectivity index (χ1n) is 26.7. The third kappa shape index (κ3) is 20.2. The first kappa shape index (κ1) is 69.7. The van der Waals surface area contributed by atoms with E-state index in [9.17, 15) is 33.3 Å². The summed E-state index contributed by atoms with van der Waals surface area (Å²) in [6.07, 6.45) is -1.98. The molecular formula is C53H101N6O15P. The van der Waals surface area contributed by atoms with E-state index in [2.05, 4.69) is 41.5 Å². The van der Waals surface area contributed by atoms with Crippen molar-refractivity contribution in [3.63, 3.8) is 0 Å². The maximum Gasteiger partial charge on any atom is 0.350 e. The van der Waals surface area contributed by atoms with Gasteiger partial charge in [-0.2, -0.15) is 15.2 Å². The Kier molecular flexibility index (Phi) is 26.1. The van der Waals surface area contributed by atoms with Gasteiger partial charge in [0.05, 0.1) is 32.8 Å². The Balaban J connectivity index is 3.65. The molecule has 0 spiro atoms. The molecule has 0 amide bonds. The monoisotopic (exact) mass is 1090 g/mol. The molecule has 0 bridgehead atoms. The smallest absolute Gasteiger partial charge is 0.350 e. The van der Waals surface area contributed by atoms with Gasteiger partial charge >= 0.3 is 42.6 Å². The summed E-state index contributed by atoms with van der Waals surface area (Å²) in [5, 5.41) is 5.04. The van der Waals surface area contributed by atoms with Crippen molar-refractivity contribution >= 4 is 25.5 Å². The van der Waals surface area contributed by atoms with Gasteiger partial charge in [0.25, 0.3) is 0 Å². The second-order valence-electron chi connectivity index (χ2n) is 25.2. The summed E-state index contributed by atoms with van der Waals surface area (Å²) >= 11 is 0. The number of hydrogen-bond acceptors (Lipinski definition) is 18. The van der Waals surface area contributed by atoms with Crippen LogP contribution in [0.1, 0.15) is 186 Å². The summed E-state index contributed by atoms with van der Waals surface area (Å²) in [5.41, 5.74) is -6.20. The van der Waals surface area contributed by atoms with Crippen molar-refractivity contribution in [2.45, 2.75) is 258 Å². The predicted octanol–water partition coefficient (Wildman–Crippen LogP) is 8.35. The number of hydroxylamine groups is 6. The van der Waals surface area contributed by atoms with E-state index >= 15 is 0 Å². The lowest BCUT2D eigenvalue weighted by atomic mass is 9.83. The van der Waals surface area contributed by atoms with Crippen LogP contribution in [-0.4, -0.2) is 133 Å². The second kappa shape index (κ2) is 28.0. The van der Waals surface area contributed by atoms with Gasteiger partial charge in [0.1, 0.15) is 25.6 Å². The predicted molar refractivity (Wildman–Crippen MR) is 290 cm³/mol. The first-order valence-corrected chi connectivity index (χ1v) is 28.3. The minimum atomic E-state index is -3.89. The fourth-order valence-electron chi connectivity index (χ4n) is 8.69. The number of esters is 3. The molecule has 0 saturated carbocycles. The van der Waals surface area contributed by atoms with E-state index in [1.54, 1.807) is 37.8 Å². The molecule has 0 aliphatic rings. The molecule has 0 fully saturated rings. The minimum absolute atomic E-state index is 0.0680. The molecule has 6 unspecified atom stereocenters. The highest BCUT2D eigenvalue weighted by molar-refractivity contribution is 7.54. The van der Waals surface area contributed by atoms with Crippen LogP contribution in [0.25, 0.3) is 0 Å². The van der Waals surface area contributed by atoms with E-state index in [4.69, 9.17) is 37.8 Å². The van der Waals surface area contributed by atoms with Crippen LogP contribution in [0.15, 0.2) is 14.4 Å². The van der Waals surface area contributed by atoms with Gasteiger partial charge in [0.2, 0.25) is 0 Å². The van der Waals surface area contributed by atoms with Crippen molar-refractivity contribution < 1.29 is 56.7 Å². The van der Waals surface area contributed by atoms with Gasteiger partial charge in [-0.25, -0.2) is 42.5 Å². The van der Waals surface area contributed by atoms with Gasteiger partial charge in [0.15, 0.2) is 18.3 Å². The van der Waals surface area contributed by atoms with Gasteiger partial charge in [-0.1, -0.05) is 76.2 Å². The van der Waals surface area contributed by atoms with Gasteiger partial charge in [-0.15, -0.1) is 0 Å². The van der Waals surface area contributed by atoms with Crippen molar-refractivity contribution in [1.82, 2.24) is 28.9 Å².